The maximum Gasteiger partial charge on any atom is 0.136 e. The molecule has 1 aromatic heterocycles. The van der Waals surface area contributed by atoms with Crippen LogP contribution in [-0.4, -0.2) is 0 Å². The quantitative estimate of drug-likeness (QED) is 0.131. The summed E-state index contributed by atoms with van der Waals surface area (Å²) in [5.41, 5.74) is 17.9. The molecule has 0 bridgehead atoms. The molecule has 53 heavy (non-hydrogen) atoms. The van der Waals surface area contributed by atoms with Gasteiger partial charge in [0.2, 0.25) is 0 Å². The van der Waals surface area contributed by atoms with Crippen LogP contribution in [0.2, 0.25) is 0 Å². The van der Waals surface area contributed by atoms with Crippen LogP contribution in [0.4, 0.5) is 0 Å². The molecule has 0 atom stereocenters. The summed E-state index contributed by atoms with van der Waals surface area (Å²) in [4.78, 5) is 0. The summed E-state index contributed by atoms with van der Waals surface area (Å²) in [6, 6.07) is 40.2. The van der Waals surface area contributed by atoms with Crippen LogP contribution in [-0.2, 0) is 0 Å². The number of aryl methyl sites for hydroxylation is 4. The van der Waals surface area contributed by atoms with E-state index in [0.717, 1.165) is 16.6 Å². The third kappa shape index (κ3) is 4.20. The number of hydrogen-bond acceptors (Lipinski definition) is 1. The van der Waals surface area contributed by atoms with Crippen LogP contribution in [0.25, 0.3) is 98.1 Å². The first-order chi connectivity index (χ1) is 25.7. The molecular weight excluding hydrogens is 641 g/mol. The fraction of sp³-hybridized carbons (Fsp3) is 0.154. The van der Waals surface area contributed by atoms with E-state index in [1.54, 1.807) is 0 Å². The molecule has 1 nitrogen and oxygen atoms in total. The Hall–Kier alpha value is -5.92. The second-order valence-corrected chi connectivity index (χ2v) is 15.4. The van der Waals surface area contributed by atoms with E-state index in [0.29, 0.717) is 0 Å². The summed E-state index contributed by atoms with van der Waals surface area (Å²) in [7, 11) is 0. The Morgan fingerprint density at radius 3 is 1.40 bits per heavy atom. The topological polar surface area (TPSA) is 13.1 Å². The Morgan fingerprint density at radius 2 is 0.774 bits per heavy atom. The molecular formula is C52H42O. The molecule has 10 rings (SSSR count). The molecule has 0 aliphatic heterocycles. The first-order valence-electron chi connectivity index (χ1n) is 18.9. The highest BCUT2D eigenvalue weighted by molar-refractivity contribution is 6.32. The van der Waals surface area contributed by atoms with Crippen LogP contribution in [0, 0.1) is 55.4 Å². The van der Waals surface area contributed by atoms with Crippen LogP contribution in [0.3, 0.4) is 0 Å². The van der Waals surface area contributed by atoms with Crippen molar-refractivity contribution < 1.29 is 4.42 Å². The zero-order chi connectivity index (χ0) is 36.4. The van der Waals surface area contributed by atoms with Crippen molar-refractivity contribution in [1.82, 2.24) is 0 Å². The van der Waals surface area contributed by atoms with Crippen molar-refractivity contribution in [2.45, 2.75) is 55.4 Å². The van der Waals surface area contributed by atoms with Crippen LogP contribution < -0.4 is 0 Å². The summed E-state index contributed by atoms with van der Waals surface area (Å²) >= 11 is 0. The van der Waals surface area contributed by atoms with E-state index in [1.807, 2.05) is 0 Å². The summed E-state index contributed by atoms with van der Waals surface area (Å²) in [6.45, 7) is 18.7. The van der Waals surface area contributed by atoms with Gasteiger partial charge in [-0.25, -0.2) is 0 Å². The first kappa shape index (κ1) is 31.8. The van der Waals surface area contributed by atoms with Crippen LogP contribution in [0.15, 0.2) is 114 Å². The van der Waals surface area contributed by atoms with Crippen molar-refractivity contribution >= 4 is 75.8 Å². The van der Waals surface area contributed by atoms with E-state index in [9.17, 15) is 0 Å². The minimum absolute atomic E-state index is 0.926. The van der Waals surface area contributed by atoms with Crippen molar-refractivity contribution in [3.63, 3.8) is 0 Å². The maximum atomic E-state index is 6.54. The number of furan rings is 1. The number of hydrogen-bond donors (Lipinski definition) is 0. The van der Waals surface area contributed by atoms with Gasteiger partial charge in [-0.2, -0.15) is 0 Å². The third-order valence-corrected chi connectivity index (χ3v) is 13.1. The molecule has 0 saturated carbocycles. The minimum atomic E-state index is 0.926. The Kier molecular flexibility index (Phi) is 6.77. The second-order valence-electron chi connectivity index (χ2n) is 15.4. The van der Waals surface area contributed by atoms with Crippen LogP contribution in [0.1, 0.15) is 44.5 Å². The predicted molar refractivity (Wildman–Crippen MR) is 230 cm³/mol. The van der Waals surface area contributed by atoms with E-state index < -0.39 is 0 Å². The molecule has 0 saturated heterocycles. The normalized spacial score (nSPS) is 12.2. The van der Waals surface area contributed by atoms with Gasteiger partial charge in [-0.3, -0.25) is 0 Å². The van der Waals surface area contributed by atoms with E-state index >= 15 is 0 Å². The predicted octanol–water partition coefficient (Wildman–Crippen LogP) is 15.2. The Labute approximate surface area is 310 Å². The highest BCUT2D eigenvalue weighted by Gasteiger charge is 2.28. The largest absolute Gasteiger partial charge is 0.456 e. The van der Waals surface area contributed by atoms with Crippen LogP contribution >= 0.6 is 0 Å². The number of fused-ring (bicyclic) bond motifs is 10. The van der Waals surface area contributed by atoms with Gasteiger partial charge in [-0.15, -0.1) is 0 Å². The number of benzene rings is 9. The molecule has 0 fully saturated rings. The molecule has 0 spiro atoms. The van der Waals surface area contributed by atoms with Gasteiger partial charge in [-0.05, 0) is 194 Å². The van der Waals surface area contributed by atoms with Gasteiger partial charge in [0.25, 0.3) is 0 Å². The lowest BCUT2D eigenvalue weighted by Gasteiger charge is -2.28. The van der Waals surface area contributed by atoms with Crippen molar-refractivity contribution in [1.29, 1.82) is 0 Å². The standard InChI is InChI=1S/C52H42O/c1-27-29(3)33(7)47-45(31(27)5)51(41-21-15-23-44-50(41)40-20-13-14-22-43(40)53-44)46-32(6)28(2)30(4)34(8)48(46)52(47)42-26-36-25-24-35-16-9-10-17-37(35)49(36)39-19-12-11-18-38(39)42/h9-26H,1-8H3. The molecule has 10 aromatic rings. The zero-order valence-electron chi connectivity index (χ0n) is 31.8. The molecule has 0 N–H and O–H groups in total. The highest BCUT2D eigenvalue weighted by atomic mass is 16.3. The molecule has 1 heterocycles. The molecule has 0 unspecified atom stereocenters. The van der Waals surface area contributed by atoms with E-state index in [1.165, 1.54) is 126 Å². The van der Waals surface area contributed by atoms with Crippen molar-refractivity contribution in [3.8, 4) is 22.3 Å². The van der Waals surface area contributed by atoms with Gasteiger partial charge in [0.15, 0.2) is 0 Å². The molecule has 9 aromatic carbocycles. The summed E-state index contributed by atoms with van der Waals surface area (Å²) in [6.07, 6.45) is 0. The zero-order valence-corrected chi connectivity index (χ0v) is 31.8. The van der Waals surface area contributed by atoms with Gasteiger partial charge in [0.05, 0.1) is 0 Å². The average Bonchev–Trinajstić information content (AvgIpc) is 3.58. The SMILES string of the molecule is Cc1c(C)c(C)c2c(-c3cccc4oc5ccccc5c34)c3c(C)c(C)c(C)c(C)c3c(-c3cc4ccc5ccccc5c4c4ccccc34)c2c1C. The summed E-state index contributed by atoms with van der Waals surface area (Å²) in [5, 5.41) is 15.5. The van der Waals surface area contributed by atoms with Gasteiger partial charge in [-0.1, -0.05) is 91.0 Å². The molecule has 0 aliphatic rings. The van der Waals surface area contributed by atoms with Gasteiger partial charge in [0.1, 0.15) is 11.2 Å². The third-order valence-electron chi connectivity index (χ3n) is 13.1. The average molecular weight is 683 g/mol. The first-order valence-corrected chi connectivity index (χ1v) is 18.9. The molecule has 0 radical (unpaired) electrons. The van der Waals surface area contributed by atoms with Crippen molar-refractivity contribution in [2.75, 3.05) is 0 Å². The number of para-hydroxylation sites is 1. The molecule has 0 aliphatic carbocycles. The Bertz CT molecular complexity index is 3160. The smallest absolute Gasteiger partial charge is 0.136 e. The fourth-order valence-corrected chi connectivity index (χ4v) is 9.73. The van der Waals surface area contributed by atoms with E-state index in [4.69, 9.17) is 4.42 Å². The lowest BCUT2D eigenvalue weighted by atomic mass is 9.75. The van der Waals surface area contributed by atoms with Crippen LogP contribution in [0.5, 0.6) is 0 Å². The Morgan fingerprint density at radius 1 is 0.302 bits per heavy atom. The van der Waals surface area contributed by atoms with Gasteiger partial charge in [0, 0.05) is 10.8 Å². The minimum Gasteiger partial charge on any atom is -0.456 e. The lowest BCUT2D eigenvalue weighted by molar-refractivity contribution is 0.669. The summed E-state index contributed by atoms with van der Waals surface area (Å²) < 4.78 is 6.54. The van der Waals surface area contributed by atoms with E-state index in [2.05, 4.69) is 165 Å². The van der Waals surface area contributed by atoms with Gasteiger partial charge < -0.3 is 4.42 Å². The maximum absolute atomic E-state index is 6.54. The van der Waals surface area contributed by atoms with Gasteiger partial charge >= 0.3 is 0 Å². The fourth-order valence-electron chi connectivity index (χ4n) is 9.73. The summed E-state index contributed by atoms with van der Waals surface area (Å²) in [5.74, 6) is 0. The highest BCUT2D eigenvalue weighted by Crippen LogP contribution is 2.53. The molecule has 0 amide bonds. The second kappa shape index (κ2) is 11.3. The molecule has 256 valence electrons. The lowest BCUT2D eigenvalue weighted by Crippen LogP contribution is -2.04. The Balaban J connectivity index is 1.53. The molecule has 1 heteroatoms. The monoisotopic (exact) mass is 682 g/mol. The number of rotatable bonds is 2. The van der Waals surface area contributed by atoms with Crippen molar-refractivity contribution in [2.24, 2.45) is 0 Å². The van der Waals surface area contributed by atoms with E-state index in [-0.39, 0.29) is 0 Å². The van der Waals surface area contributed by atoms with Crippen molar-refractivity contribution in [3.05, 3.63) is 154 Å².